The molecule has 1 unspecified atom stereocenters. The normalized spacial score (nSPS) is 34.6. The average molecular weight is 576 g/mol. The van der Waals surface area contributed by atoms with Crippen molar-refractivity contribution in [1.29, 1.82) is 0 Å². The van der Waals surface area contributed by atoms with E-state index in [-0.39, 0.29) is 36.3 Å². The Hall–Kier alpha value is -2.97. The molecule has 0 bridgehead atoms. The molecule has 8 heteroatoms. The van der Waals surface area contributed by atoms with Gasteiger partial charge in [0.1, 0.15) is 11.6 Å². The summed E-state index contributed by atoms with van der Waals surface area (Å²) in [5.74, 6) is -2.28. The van der Waals surface area contributed by atoms with Crippen LogP contribution in [0.15, 0.2) is 54.6 Å². The monoisotopic (exact) mass is 575 g/mol. The molecule has 3 amide bonds. The summed E-state index contributed by atoms with van der Waals surface area (Å²) >= 11 is 0. The molecular weight excluding hydrogens is 530 g/mol. The van der Waals surface area contributed by atoms with Crippen LogP contribution in [0.4, 0.5) is 5.69 Å². The van der Waals surface area contributed by atoms with Crippen molar-refractivity contribution in [1.82, 2.24) is 9.80 Å². The van der Waals surface area contributed by atoms with Gasteiger partial charge in [0.25, 0.3) is 0 Å². The predicted molar refractivity (Wildman–Crippen MR) is 160 cm³/mol. The Morgan fingerprint density at radius 2 is 1.64 bits per heavy atom. The van der Waals surface area contributed by atoms with Crippen LogP contribution in [0.25, 0.3) is 0 Å². The highest BCUT2D eigenvalue weighted by Crippen LogP contribution is 2.59. The maximum absolute atomic E-state index is 14.9. The van der Waals surface area contributed by atoms with Crippen LogP contribution in [0.2, 0.25) is 0 Å². The number of para-hydroxylation sites is 1. The second kappa shape index (κ2) is 11.3. The molecule has 8 nitrogen and oxygen atoms in total. The predicted octanol–water partition coefficient (Wildman–Crippen LogP) is 4.09. The van der Waals surface area contributed by atoms with E-state index >= 15 is 0 Å². The number of carbonyl (C=O) groups is 3. The third kappa shape index (κ3) is 4.28. The quantitative estimate of drug-likeness (QED) is 0.495. The highest BCUT2D eigenvalue weighted by molar-refractivity contribution is 6.04. The van der Waals surface area contributed by atoms with Crippen LogP contribution in [-0.4, -0.2) is 81.7 Å². The van der Waals surface area contributed by atoms with E-state index in [1.54, 1.807) is 9.80 Å². The molecule has 1 aromatic rings. The van der Waals surface area contributed by atoms with Crippen molar-refractivity contribution in [3.63, 3.8) is 0 Å². The molecule has 1 aliphatic carbocycles. The third-order valence-corrected chi connectivity index (χ3v) is 10.8. The van der Waals surface area contributed by atoms with Crippen LogP contribution in [0.3, 0.4) is 0 Å². The maximum Gasteiger partial charge on any atom is 0.249 e. The van der Waals surface area contributed by atoms with Gasteiger partial charge in [-0.3, -0.25) is 14.4 Å². The number of rotatable bonds is 7. The van der Waals surface area contributed by atoms with Gasteiger partial charge in [0.15, 0.2) is 0 Å². The average Bonchev–Trinajstić information content (AvgIpc) is 3.31. The van der Waals surface area contributed by atoms with E-state index in [0.717, 1.165) is 37.8 Å². The molecule has 6 rings (SSSR count). The number of benzene rings is 1. The van der Waals surface area contributed by atoms with Gasteiger partial charge in [0, 0.05) is 24.8 Å². The van der Waals surface area contributed by atoms with E-state index in [1.165, 1.54) is 6.42 Å². The summed E-state index contributed by atoms with van der Waals surface area (Å²) in [6.07, 6.45) is 14.3. The number of nitrogens with zero attached hydrogens (tertiary/aromatic N) is 3. The minimum atomic E-state index is -1.31. The van der Waals surface area contributed by atoms with Crippen LogP contribution < -0.4 is 4.90 Å². The highest BCUT2D eigenvalue weighted by Gasteiger charge is 2.76. The van der Waals surface area contributed by atoms with E-state index < -0.39 is 35.1 Å². The molecule has 4 aliphatic heterocycles. The molecule has 1 saturated carbocycles. The van der Waals surface area contributed by atoms with Crippen LogP contribution in [0.1, 0.15) is 65.7 Å². The number of hydrogen-bond donors (Lipinski definition) is 1. The lowest BCUT2D eigenvalue weighted by molar-refractivity contribution is -0.158. The molecule has 1 N–H and O–H groups in total. The number of aliphatic hydroxyl groups excluding tert-OH is 1. The molecule has 7 atom stereocenters. The Bertz CT molecular complexity index is 1260. The van der Waals surface area contributed by atoms with Gasteiger partial charge in [-0.15, -0.1) is 0 Å². The van der Waals surface area contributed by atoms with Crippen molar-refractivity contribution in [3.05, 3.63) is 54.6 Å². The lowest BCUT2D eigenvalue weighted by Crippen LogP contribution is -2.61. The summed E-state index contributed by atoms with van der Waals surface area (Å²) in [6.45, 7) is 6.61. The molecule has 0 radical (unpaired) electrons. The van der Waals surface area contributed by atoms with Gasteiger partial charge in [-0.05, 0) is 37.3 Å². The zero-order valence-electron chi connectivity index (χ0n) is 25.2. The first-order valence-electron chi connectivity index (χ1n) is 16.0. The van der Waals surface area contributed by atoms with Crippen molar-refractivity contribution < 1.29 is 24.2 Å². The minimum absolute atomic E-state index is 0.0422. The smallest absolute Gasteiger partial charge is 0.249 e. The van der Waals surface area contributed by atoms with Crippen LogP contribution in [0.5, 0.6) is 0 Å². The number of ether oxygens (including phenoxy) is 1. The van der Waals surface area contributed by atoms with E-state index in [4.69, 9.17) is 4.74 Å². The molecule has 3 fully saturated rings. The van der Waals surface area contributed by atoms with Crippen molar-refractivity contribution in [3.8, 4) is 0 Å². The fourth-order valence-electron chi connectivity index (χ4n) is 8.45. The number of hydrogen-bond acceptors (Lipinski definition) is 5. The van der Waals surface area contributed by atoms with E-state index in [2.05, 4.69) is 0 Å². The first-order valence-corrected chi connectivity index (χ1v) is 16.0. The first kappa shape index (κ1) is 29.1. The maximum atomic E-state index is 14.9. The number of anilines is 1. The van der Waals surface area contributed by atoms with Gasteiger partial charge in [0.2, 0.25) is 17.7 Å². The zero-order chi connectivity index (χ0) is 29.6. The fourth-order valence-corrected chi connectivity index (χ4v) is 8.45. The molecule has 4 heterocycles. The number of carbonyl (C=O) groups excluding carboxylic acids is 3. The standard InChI is InChI=1S/C34H45N3O5/c1-4-23(3)26(22-38)37-29-32(41)36(25-16-10-7-11-17-25)21-13-19-34(29)28(31(37)40)27-30(39)35(24-14-8-6-9-15-24)20-12-18-33(27,5-2)42-34/h6,8-9,12-15,18-19,23,25-29,38H,4-5,7,10-11,16-17,20-22H2,1-3H3/t23-,26-,27-,28-,29?,33+,34-/m0/s1. The molecule has 42 heavy (non-hydrogen) atoms. The summed E-state index contributed by atoms with van der Waals surface area (Å²) < 4.78 is 7.13. The Morgan fingerprint density at radius 1 is 0.929 bits per heavy atom. The second-order valence-corrected chi connectivity index (χ2v) is 12.9. The van der Waals surface area contributed by atoms with Crippen LogP contribution >= 0.6 is 0 Å². The number of amides is 3. The summed E-state index contributed by atoms with van der Waals surface area (Å²) in [4.78, 5) is 49.6. The van der Waals surface area contributed by atoms with Crippen molar-refractivity contribution in [2.45, 2.75) is 95.0 Å². The molecule has 2 saturated heterocycles. The van der Waals surface area contributed by atoms with Crippen molar-refractivity contribution in [2.24, 2.45) is 17.8 Å². The largest absolute Gasteiger partial charge is 0.394 e. The Morgan fingerprint density at radius 3 is 2.31 bits per heavy atom. The molecule has 226 valence electrons. The summed E-state index contributed by atoms with van der Waals surface area (Å²) in [5.41, 5.74) is -1.57. The lowest BCUT2D eigenvalue weighted by Gasteiger charge is -2.43. The van der Waals surface area contributed by atoms with Gasteiger partial charge in [-0.1, -0.05) is 89.0 Å². The molecule has 0 aromatic heterocycles. The van der Waals surface area contributed by atoms with E-state index in [9.17, 15) is 19.5 Å². The van der Waals surface area contributed by atoms with Crippen molar-refractivity contribution >= 4 is 23.4 Å². The first-order chi connectivity index (χ1) is 20.3. The fraction of sp³-hybridized carbons (Fsp3) is 0.618. The van der Waals surface area contributed by atoms with Crippen molar-refractivity contribution in [2.75, 3.05) is 24.6 Å². The Labute approximate surface area is 249 Å². The van der Waals surface area contributed by atoms with E-state index in [1.807, 2.05) is 80.3 Å². The SMILES string of the molecule is CC[C@H](C)[C@H](CO)N1C(=O)[C@@H]2[C@H]3C(=O)N(c4ccccc4)CC=C[C@@]3(CC)O[C@@]23C=CCN(C2CCCCC2)C(=O)C13. The topological polar surface area (TPSA) is 90.4 Å². The van der Waals surface area contributed by atoms with Gasteiger partial charge < -0.3 is 24.5 Å². The second-order valence-electron chi connectivity index (χ2n) is 12.9. The summed E-state index contributed by atoms with van der Waals surface area (Å²) in [5, 5.41) is 10.7. The van der Waals surface area contributed by atoms with E-state index in [0.29, 0.717) is 19.5 Å². The Kier molecular flexibility index (Phi) is 7.81. The highest BCUT2D eigenvalue weighted by atomic mass is 16.5. The lowest BCUT2D eigenvalue weighted by atomic mass is 9.73. The van der Waals surface area contributed by atoms with Gasteiger partial charge >= 0.3 is 0 Å². The zero-order valence-corrected chi connectivity index (χ0v) is 25.2. The number of likely N-dealkylation sites (tertiary alicyclic amines) is 1. The summed E-state index contributed by atoms with van der Waals surface area (Å²) in [6, 6.07) is 8.15. The number of fused-ring (bicyclic) bond motifs is 2. The van der Waals surface area contributed by atoms with Gasteiger partial charge in [0.05, 0.1) is 30.1 Å². The number of aliphatic hydroxyl groups is 1. The molecule has 5 aliphatic rings. The molecule has 1 spiro atoms. The van der Waals surface area contributed by atoms with Gasteiger partial charge in [-0.2, -0.15) is 0 Å². The van der Waals surface area contributed by atoms with Crippen LogP contribution in [-0.2, 0) is 19.1 Å². The summed E-state index contributed by atoms with van der Waals surface area (Å²) in [7, 11) is 0. The third-order valence-electron chi connectivity index (χ3n) is 10.8. The Balaban J connectivity index is 1.50. The van der Waals surface area contributed by atoms with Gasteiger partial charge in [-0.25, -0.2) is 0 Å². The molecular formula is C34H45N3O5. The minimum Gasteiger partial charge on any atom is -0.394 e. The van der Waals surface area contributed by atoms with Crippen LogP contribution in [0, 0.1) is 17.8 Å². The molecule has 1 aromatic carbocycles.